The molecule has 0 spiro atoms. The minimum Gasteiger partial charge on any atom is -0.501 e. The topological polar surface area (TPSA) is 83.8 Å². The van der Waals surface area contributed by atoms with Crippen LogP contribution >= 0.6 is 0 Å². The molecule has 0 aromatic heterocycles. The van der Waals surface area contributed by atoms with Gasteiger partial charge in [0.15, 0.2) is 0 Å². The highest BCUT2D eigenvalue weighted by atomic mass is 16.5. The first-order valence-corrected chi connectivity index (χ1v) is 4.36. The summed E-state index contributed by atoms with van der Waals surface area (Å²) in [7, 11) is 0. The summed E-state index contributed by atoms with van der Waals surface area (Å²) in [6, 6.07) is 0. The Kier molecular flexibility index (Phi) is 3.50. The molecule has 5 heteroatoms. The van der Waals surface area contributed by atoms with Crippen LogP contribution in [0, 0.1) is 5.92 Å². The fourth-order valence-corrected chi connectivity index (χ4v) is 1.39. The van der Waals surface area contributed by atoms with E-state index in [-0.39, 0.29) is 6.42 Å². The van der Waals surface area contributed by atoms with Gasteiger partial charge in [0.05, 0.1) is 25.2 Å². The molecule has 0 aromatic rings. The average Bonchev–Trinajstić information content (AvgIpc) is 2.15. The van der Waals surface area contributed by atoms with E-state index in [1.54, 1.807) is 0 Å². The van der Waals surface area contributed by atoms with Gasteiger partial charge in [0.25, 0.3) is 0 Å². The van der Waals surface area contributed by atoms with Crippen molar-refractivity contribution in [3.63, 3.8) is 0 Å². The molecule has 1 aliphatic rings. The summed E-state index contributed by atoms with van der Waals surface area (Å²) in [4.78, 5) is 21.2. The maximum atomic E-state index is 10.8. The van der Waals surface area contributed by atoms with Crippen LogP contribution in [0.5, 0.6) is 0 Å². The smallest absolute Gasteiger partial charge is 0.311 e. The third-order valence-electron chi connectivity index (χ3n) is 2.09. The summed E-state index contributed by atoms with van der Waals surface area (Å²) < 4.78 is 4.98. The molecular formula is C9H12O5. The van der Waals surface area contributed by atoms with Gasteiger partial charge in [-0.3, -0.25) is 9.59 Å². The highest BCUT2D eigenvalue weighted by Gasteiger charge is 2.26. The minimum absolute atomic E-state index is 0.384. The second kappa shape index (κ2) is 4.64. The van der Waals surface area contributed by atoms with Crippen molar-refractivity contribution in [3.8, 4) is 0 Å². The summed E-state index contributed by atoms with van der Waals surface area (Å²) in [5.41, 5.74) is 0.561. The first-order valence-electron chi connectivity index (χ1n) is 4.36. The van der Waals surface area contributed by atoms with Gasteiger partial charge < -0.3 is 14.9 Å². The van der Waals surface area contributed by atoms with E-state index in [0.29, 0.717) is 18.6 Å². The Morgan fingerprint density at radius 1 is 1.50 bits per heavy atom. The van der Waals surface area contributed by atoms with E-state index in [1.807, 2.05) is 0 Å². The van der Waals surface area contributed by atoms with Gasteiger partial charge in [-0.1, -0.05) is 0 Å². The molecule has 1 rings (SSSR count). The lowest BCUT2D eigenvalue weighted by Gasteiger charge is -2.18. The molecule has 0 fully saturated rings. The van der Waals surface area contributed by atoms with Crippen molar-refractivity contribution in [2.45, 2.75) is 19.3 Å². The van der Waals surface area contributed by atoms with Crippen LogP contribution in [0.2, 0.25) is 0 Å². The van der Waals surface area contributed by atoms with Gasteiger partial charge >= 0.3 is 11.9 Å². The second-order valence-electron chi connectivity index (χ2n) is 3.16. The number of ether oxygens (including phenoxy) is 1. The molecule has 2 N–H and O–H groups in total. The van der Waals surface area contributed by atoms with Crippen LogP contribution in [0.15, 0.2) is 11.8 Å². The zero-order valence-corrected chi connectivity index (χ0v) is 7.60. The van der Waals surface area contributed by atoms with Crippen LogP contribution in [0.4, 0.5) is 0 Å². The van der Waals surface area contributed by atoms with Crippen LogP contribution in [0.1, 0.15) is 19.3 Å². The van der Waals surface area contributed by atoms with Crippen LogP contribution in [0.3, 0.4) is 0 Å². The largest absolute Gasteiger partial charge is 0.501 e. The maximum Gasteiger partial charge on any atom is 0.311 e. The van der Waals surface area contributed by atoms with E-state index in [0.717, 1.165) is 6.42 Å². The number of carbonyl (C=O) groups is 2. The molecule has 1 atom stereocenters. The van der Waals surface area contributed by atoms with Crippen LogP contribution in [-0.4, -0.2) is 28.8 Å². The van der Waals surface area contributed by atoms with Gasteiger partial charge in [-0.2, -0.15) is 0 Å². The highest BCUT2D eigenvalue weighted by molar-refractivity contribution is 5.80. The number of hydrogen-bond acceptors (Lipinski definition) is 3. The fraction of sp³-hybridized carbons (Fsp3) is 0.556. The van der Waals surface area contributed by atoms with Crippen molar-refractivity contribution in [2.75, 3.05) is 6.61 Å². The number of carboxylic acid groups (broad SMARTS) is 2. The van der Waals surface area contributed by atoms with Gasteiger partial charge in [-0.25, -0.2) is 0 Å². The Balaban J connectivity index is 2.70. The molecule has 14 heavy (non-hydrogen) atoms. The molecule has 1 aliphatic heterocycles. The molecule has 0 bridgehead atoms. The van der Waals surface area contributed by atoms with Gasteiger partial charge in [0.1, 0.15) is 0 Å². The molecule has 5 nitrogen and oxygen atoms in total. The van der Waals surface area contributed by atoms with Crippen molar-refractivity contribution in [1.29, 1.82) is 0 Å². The van der Waals surface area contributed by atoms with Gasteiger partial charge in [-0.05, 0) is 18.4 Å². The maximum absolute atomic E-state index is 10.8. The molecule has 0 aliphatic carbocycles. The quantitative estimate of drug-likeness (QED) is 0.703. The van der Waals surface area contributed by atoms with Crippen LogP contribution in [-0.2, 0) is 14.3 Å². The van der Waals surface area contributed by atoms with Crippen molar-refractivity contribution >= 4 is 11.9 Å². The summed E-state index contributed by atoms with van der Waals surface area (Å²) in [6.45, 7) is 0.572. The summed E-state index contributed by atoms with van der Waals surface area (Å²) in [5, 5.41) is 17.3. The van der Waals surface area contributed by atoms with Crippen molar-refractivity contribution in [2.24, 2.45) is 5.92 Å². The number of rotatable bonds is 4. The first kappa shape index (κ1) is 10.6. The third-order valence-corrected chi connectivity index (χ3v) is 2.09. The molecule has 0 aromatic carbocycles. The van der Waals surface area contributed by atoms with E-state index < -0.39 is 17.9 Å². The highest BCUT2D eigenvalue weighted by Crippen LogP contribution is 2.23. The molecule has 78 valence electrons. The Morgan fingerprint density at radius 2 is 2.21 bits per heavy atom. The number of carboxylic acids is 2. The van der Waals surface area contributed by atoms with Gasteiger partial charge in [0, 0.05) is 0 Å². The number of aliphatic carboxylic acids is 2. The lowest BCUT2D eigenvalue weighted by Crippen LogP contribution is -2.21. The predicted octanol–water partition coefficient (Wildman–Crippen LogP) is 0.856. The zero-order chi connectivity index (χ0) is 10.6. The van der Waals surface area contributed by atoms with E-state index >= 15 is 0 Å². The Morgan fingerprint density at radius 3 is 2.64 bits per heavy atom. The molecule has 1 unspecified atom stereocenters. The third kappa shape index (κ3) is 2.76. The summed E-state index contributed by atoms with van der Waals surface area (Å²) in [6.07, 6.45) is 2.34. The lowest BCUT2D eigenvalue weighted by molar-refractivity contribution is -0.147. The van der Waals surface area contributed by atoms with E-state index in [1.165, 1.54) is 6.26 Å². The SMILES string of the molecule is O=C(O)CC(C(=O)O)C1=COCCC1. The van der Waals surface area contributed by atoms with E-state index in [9.17, 15) is 9.59 Å². The molecular weight excluding hydrogens is 188 g/mol. The Hall–Kier alpha value is -1.52. The lowest BCUT2D eigenvalue weighted by atomic mass is 9.92. The molecule has 1 heterocycles. The number of hydrogen-bond donors (Lipinski definition) is 2. The van der Waals surface area contributed by atoms with Crippen LogP contribution < -0.4 is 0 Å². The van der Waals surface area contributed by atoms with E-state index in [2.05, 4.69) is 0 Å². The molecule has 0 saturated heterocycles. The normalized spacial score (nSPS) is 17.9. The van der Waals surface area contributed by atoms with E-state index in [4.69, 9.17) is 14.9 Å². The monoisotopic (exact) mass is 200 g/mol. The second-order valence-corrected chi connectivity index (χ2v) is 3.16. The van der Waals surface area contributed by atoms with Gasteiger partial charge in [0.2, 0.25) is 0 Å². The standard InChI is InChI=1S/C9H12O5/c10-8(11)4-7(9(12)13)6-2-1-3-14-5-6/h5,7H,1-4H2,(H,10,11)(H,12,13). The summed E-state index contributed by atoms with van der Waals surface area (Å²) in [5.74, 6) is -3.17. The van der Waals surface area contributed by atoms with Crippen molar-refractivity contribution in [1.82, 2.24) is 0 Å². The molecule has 0 amide bonds. The summed E-state index contributed by atoms with van der Waals surface area (Å²) >= 11 is 0. The fourth-order valence-electron chi connectivity index (χ4n) is 1.39. The zero-order valence-electron chi connectivity index (χ0n) is 7.60. The van der Waals surface area contributed by atoms with Gasteiger partial charge in [-0.15, -0.1) is 0 Å². The van der Waals surface area contributed by atoms with Crippen LogP contribution in [0.25, 0.3) is 0 Å². The first-order chi connectivity index (χ1) is 6.61. The van der Waals surface area contributed by atoms with Crippen molar-refractivity contribution in [3.05, 3.63) is 11.8 Å². The Bertz CT molecular complexity index is 268. The molecule has 0 radical (unpaired) electrons. The van der Waals surface area contributed by atoms with Crippen molar-refractivity contribution < 1.29 is 24.5 Å². The molecule has 0 saturated carbocycles. The minimum atomic E-state index is -1.11. The predicted molar refractivity (Wildman–Crippen MR) is 46.6 cm³/mol. The Labute approximate surface area is 81.0 Å². The average molecular weight is 200 g/mol.